The van der Waals surface area contributed by atoms with Gasteiger partial charge >= 0.3 is 0 Å². The first kappa shape index (κ1) is 18.2. The number of fused-ring (bicyclic) bond motifs is 6. The van der Waals surface area contributed by atoms with Crippen LogP contribution in [-0.4, -0.2) is 29.7 Å². The summed E-state index contributed by atoms with van der Waals surface area (Å²) in [5.74, 6) is 1.74. The van der Waals surface area contributed by atoms with Crippen molar-refractivity contribution in [2.24, 2.45) is 28.6 Å². The molecule has 148 valence electrons. The maximum atomic E-state index is 10.9. The molecule has 4 heteroatoms. The number of ether oxygens (including phenoxy) is 2. The Morgan fingerprint density at radius 2 is 1.85 bits per heavy atom. The van der Waals surface area contributed by atoms with Gasteiger partial charge in [0.15, 0.2) is 5.79 Å². The quantitative estimate of drug-likeness (QED) is 0.697. The molecule has 3 saturated carbocycles. The van der Waals surface area contributed by atoms with Crippen molar-refractivity contribution in [2.75, 3.05) is 13.2 Å². The third-order valence-electron chi connectivity index (χ3n) is 9.46. The predicted octanol–water partition coefficient (Wildman–Crippen LogP) is 4.34. The third kappa shape index (κ3) is 2.32. The second-order valence-electron chi connectivity index (χ2n) is 10.4. The topological polar surface area (TPSA) is 62.5 Å². The number of hydrogen-bond acceptors (Lipinski definition) is 4. The lowest BCUT2D eigenvalue weighted by Gasteiger charge is -2.59. The van der Waals surface area contributed by atoms with Gasteiger partial charge in [-0.2, -0.15) is 5.26 Å². The molecule has 6 atom stereocenters. The van der Waals surface area contributed by atoms with Crippen LogP contribution in [-0.2, 0) is 9.47 Å². The van der Waals surface area contributed by atoms with E-state index in [2.05, 4.69) is 26.0 Å². The molecule has 0 radical (unpaired) electrons. The summed E-state index contributed by atoms with van der Waals surface area (Å²) in [5.41, 5.74) is 0.957. The van der Waals surface area contributed by atoms with Crippen molar-refractivity contribution in [2.45, 2.75) is 83.0 Å². The summed E-state index contributed by atoms with van der Waals surface area (Å²) < 4.78 is 12.5. The van der Waals surface area contributed by atoms with E-state index in [0.29, 0.717) is 24.2 Å². The van der Waals surface area contributed by atoms with Crippen LogP contribution in [0.4, 0.5) is 0 Å². The van der Waals surface area contributed by atoms with Crippen LogP contribution in [0.15, 0.2) is 11.6 Å². The van der Waals surface area contributed by atoms with Gasteiger partial charge < -0.3 is 14.6 Å². The SMILES string of the molecule is C[C@]12CC[C@@](O)(CC#N)CC1=CC[C@@H]1[C@@H]2CC[C@@]2(C)[C@H]1CCC21OCCO1. The maximum absolute atomic E-state index is 10.9. The predicted molar refractivity (Wildman–Crippen MR) is 102 cm³/mol. The molecule has 0 bridgehead atoms. The zero-order valence-corrected chi connectivity index (χ0v) is 16.8. The van der Waals surface area contributed by atoms with Crippen molar-refractivity contribution >= 4 is 0 Å². The van der Waals surface area contributed by atoms with Gasteiger partial charge in [-0.15, -0.1) is 0 Å². The highest BCUT2D eigenvalue weighted by molar-refractivity contribution is 5.28. The minimum absolute atomic E-state index is 0.141. The Labute approximate surface area is 162 Å². The summed E-state index contributed by atoms with van der Waals surface area (Å²) in [4.78, 5) is 0. The largest absolute Gasteiger partial charge is 0.388 e. The fourth-order valence-corrected chi connectivity index (χ4v) is 7.90. The number of rotatable bonds is 1. The van der Waals surface area contributed by atoms with E-state index in [0.717, 1.165) is 38.9 Å². The van der Waals surface area contributed by atoms with Crippen LogP contribution in [0.1, 0.15) is 71.6 Å². The van der Waals surface area contributed by atoms with E-state index in [-0.39, 0.29) is 23.0 Å². The molecule has 0 unspecified atom stereocenters. The number of nitrogens with zero attached hydrogens (tertiary/aromatic N) is 1. The molecule has 27 heavy (non-hydrogen) atoms. The van der Waals surface area contributed by atoms with Gasteiger partial charge in [-0.1, -0.05) is 25.5 Å². The van der Waals surface area contributed by atoms with Crippen LogP contribution in [0.25, 0.3) is 0 Å². The van der Waals surface area contributed by atoms with Crippen LogP contribution < -0.4 is 0 Å². The van der Waals surface area contributed by atoms with Crippen LogP contribution in [0.2, 0.25) is 0 Å². The van der Waals surface area contributed by atoms with E-state index in [1.165, 1.54) is 24.8 Å². The average Bonchev–Trinajstić information content (AvgIpc) is 3.23. The summed E-state index contributed by atoms with van der Waals surface area (Å²) in [6, 6.07) is 2.20. The molecule has 1 heterocycles. The van der Waals surface area contributed by atoms with E-state index < -0.39 is 5.60 Å². The van der Waals surface area contributed by atoms with E-state index in [4.69, 9.17) is 14.7 Å². The van der Waals surface area contributed by atoms with Crippen molar-refractivity contribution < 1.29 is 14.6 Å². The van der Waals surface area contributed by atoms with Crippen molar-refractivity contribution in [3.63, 3.8) is 0 Å². The van der Waals surface area contributed by atoms with Crippen molar-refractivity contribution in [1.82, 2.24) is 0 Å². The van der Waals surface area contributed by atoms with Gasteiger partial charge in [0.25, 0.3) is 0 Å². The highest BCUT2D eigenvalue weighted by Crippen LogP contribution is 2.68. The van der Waals surface area contributed by atoms with E-state index in [1.54, 1.807) is 0 Å². The molecule has 5 aliphatic rings. The summed E-state index contributed by atoms with van der Waals surface area (Å²) in [5, 5.41) is 20.0. The summed E-state index contributed by atoms with van der Waals surface area (Å²) in [6.07, 6.45) is 11.0. The zero-order chi connectivity index (χ0) is 18.9. The standard InChI is InChI=1S/C23H33NO3/c1-20-9-10-22(25,11-12-24)15-16(20)3-4-17-18(20)5-7-21(2)19(17)6-8-23(21)26-13-14-27-23/h3,17-19,25H,4-11,13-15H2,1-2H3/t17-,18+,19+,20+,21+,22-/m1/s1. The fraction of sp³-hybridized carbons (Fsp3) is 0.870. The van der Waals surface area contributed by atoms with E-state index >= 15 is 0 Å². The van der Waals surface area contributed by atoms with Gasteiger partial charge in [0.2, 0.25) is 0 Å². The number of nitriles is 1. The first-order valence-corrected chi connectivity index (χ1v) is 10.9. The smallest absolute Gasteiger partial charge is 0.174 e. The molecular formula is C23H33NO3. The minimum atomic E-state index is -0.806. The lowest BCUT2D eigenvalue weighted by Crippen LogP contribution is -2.55. The molecule has 1 saturated heterocycles. The zero-order valence-electron chi connectivity index (χ0n) is 16.8. The summed E-state index contributed by atoms with van der Waals surface area (Å²) in [6.45, 7) is 6.36. The average molecular weight is 372 g/mol. The molecule has 1 aliphatic heterocycles. The first-order chi connectivity index (χ1) is 12.9. The second kappa shape index (κ2) is 5.81. The Bertz CT molecular complexity index is 705. The van der Waals surface area contributed by atoms with Crippen LogP contribution in [0.5, 0.6) is 0 Å². The molecular weight excluding hydrogens is 338 g/mol. The highest BCUT2D eigenvalue weighted by atomic mass is 16.7. The Morgan fingerprint density at radius 1 is 1.11 bits per heavy atom. The fourth-order valence-electron chi connectivity index (χ4n) is 7.90. The molecule has 0 aromatic heterocycles. The van der Waals surface area contributed by atoms with E-state index in [1.807, 2.05) is 0 Å². The molecule has 4 fully saturated rings. The van der Waals surface area contributed by atoms with Gasteiger partial charge in [0, 0.05) is 11.8 Å². The lowest BCUT2D eigenvalue weighted by atomic mass is 9.47. The summed E-state index contributed by atoms with van der Waals surface area (Å²) >= 11 is 0. The van der Waals surface area contributed by atoms with Crippen LogP contribution >= 0.6 is 0 Å². The minimum Gasteiger partial charge on any atom is -0.388 e. The molecule has 1 spiro atoms. The highest BCUT2D eigenvalue weighted by Gasteiger charge is 2.66. The Kier molecular flexibility index (Phi) is 3.91. The van der Waals surface area contributed by atoms with Gasteiger partial charge in [-0.25, -0.2) is 0 Å². The van der Waals surface area contributed by atoms with E-state index in [9.17, 15) is 5.11 Å². The van der Waals surface area contributed by atoms with Crippen molar-refractivity contribution in [1.29, 1.82) is 5.26 Å². The third-order valence-corrected chi connectivity index (χ3v) is 9.46. The molecule has 0 aromatic carbocycles. The van der Waals surface area contributed by atoms with Crippen LogP contribution in [0, 0.1) is 39.9 Å². The second-order valence-corrected chi connectivity index (χ2v) is 10.4. The normalized spacial score (nSPS) is 50.4. The monoisotopic (exact) mass is 371 g/mol. The summed E-state index contributed by atoms with van der Waals surface area (Å²) in [7, 11) is 0. The van der Waals surface area contributed by atoms with Crippen molar-refractivity contribution in [3.8, 4) is 6.07 Å². The van der Waals surface area contributed by atoms with Gasteiger partial charge in [0.05, 0.1) is 31.3 Å². The number of allylic oxidation sites excluding steroid dienone is 1. The number of aliphatic hydroxyl groups is 1. The lowest BCUT2D eigenvalue weighted by molar-refractivity contribution is -0.242. The maximum Gasteiger partial charge on any atom is 0.174 e. The Hall–Kier alpha value is -0.890. The van der Waals surface area contributed by atoms with Gasteiger partial charge in [0.1, 0.15) is 0 Å². The molecule has 1 N–H and O–H groups in total. The molecule has 0 aromatic rings. The Balaban J connectivity index is 1.45. The molecule has 5 rings (SSSR count). The molecule has 4 aliphatic carbocycles. The molecule has 0 amide bonds. The first-order valence-electron chi connectivity index (χ1n) is 10.9. The van der Waals surface area contributed by atoms with Gasteiger partial charge in [-0.3, -0.25) is 0 Å². The van der Waals surface area contributed by atoms with Gasteiger partial charge in [-0.05, 0) is 68.1 Å². The van der Waals surface area contributed by atoms with Crippen LogP contribution in [0.3, 0.4) is 0 Å². The van der Waals surface area contributed by atoms with Crippen molar-refractivity contribution in [3.05, 3.63) is 11.6 Å². The molecule has 4 nitrogen and oxygen atoms in total. The Morgan fingerprint density at radius 3 is 2.59 bits per heavy atom. The number of hydrogen-bond donors (Lipinski definition) is 1.